The second kappa shape index (κ2) is 4.67. The van der Waals surface area contributed by atoms with Crippen LogP contribution in [0.4, 0.5) is 0 Å². The van der Waals surface area contributed by atoms with Gasteiger partial charge in [-0.1, -0.05) is 18.2 Å². The summed E-state index contributed by atoms with van der Waals surface area (Å²) in [6.07, 6.45) is 1.77. The Kier molecular flexibility index (Phi) is 3.06. The summed E-state index contributed by atoms with van der Waals surface area (Å²) in [5, 5.41) is 8.69. The van der Waals surface area contributed by atoms with Gasteiger partial charge in [0.1, 0.15) is 0 Å². The van der Waals surface area contributed by atoms with Gasteiger partial charge in [-0.15, -0.1) is 0 Å². The number of hydrogen-bond donors (Lipinski definition) is 0. The molecule has 0 N–H and O–H groups in total. The predicted octanol–water partition coefficient (Wildman–Crippen LogP) is 2.08. The third-order valence-electron chi connectivity index (χ3n) is 2.65. The molecule has 0 aliphatic rings. The topological polar surface area (TPSA) is 45.8 Å². The molecule has 1 heterocycles. The van der Waals surface area contributed by atoms with Gasteiger partial charge in [-0.05, 0) is 30.7 Å². The maximum absolute atomic E-state index is 11.8. The minimum atomic E-state index is 0.0249. The standard InChI is InChI=1S/C14H12N2O/c1-11-3-2-8-16(14(11)17)10-13-6-4-12(9-15)5-7-13/h2-8H,10H2,1H3. The van der Waals surface area contributed by atoms with E-state index in [0.29, 0.717) is 12.1 Å². The van der Waals surface area contributed by atoms with Crippen LogP contribution in [0.2, 0.25) is 0 Å². The summed E-state index contributed by atoms with van der Waals surface area (Å²) in [6.45, 7) is 2.34. The number of aromatic nitrogens is 1. The van der Waals surface area contributed by atoms with Crippen molar-refractivity contribution in [2.45, 2.75) is 13.5 Å². The summed E-state index contributed by atoms with van der Waals surface area (Å²) >= 11 is 0. The summed E-state index contributed by atoms with van der Waals surface area (Å²) in [4.78, 5) is 11.8. The fraction of sp³-hybridized carbons (Fsp3) is 0.143. The lowest BCUT2D eigenvalue weighted by Gasteiger charge is -2.06. The largest absolute Gasteiger partial charge is 0.311 e. The van der Waals surface area contributed by atoms with E-state index in [1.165, 1.54) is 0 Å². The zero-order chi connectivity index (χ0) is 12.3. The van der Waals surface area contributed by atoms with E-state index in [1.54, 1.807) is 35.9 Å². The lowest BCUT2D eigenvalue weighted by Crippen LogP contribution is -2.21. The molecule has 0 aliphatic heterocycles. The smallest absolute Gasteiger partial charge is 0.253 e. The van der Waals surface area contributed by atoms with Gasteiger partial charge in [0.2, 0.25) is 0 Å². The van der Waals surface area contributed by atoms with Crippen LogP contribution in [-0.2, 0) is 6.54 Å². The highest BCUT2D eigenvalue weighted by molar-refractivity contribution is 5.31. The van der Waals surface area contributed by atoms with Crippen LogP contribution < -0.4 is 5.56 Å². The average Bonchev–Trinajstić information content (AvgIpc) is 2.36. The van der Waals surface area contributed by atoms with E-state index < -0.39 is 0 Å². The van der Waals surface area contributed by atoms with Gasteiger partial charge in [-0.3, -0.25) is 4.79 Å². The van der Waals surface area contributed by atoms with Gasteiger partial charge in [0, 0.05) is 11.8 Å². The monoisotopic (exact) mass is 224 g/mol. The number of hydrogen-bond acceptors (Lipinski definition) is 2. The minimum absolute atomic E-state index is 0.0249. The highest BCUT2D eigenvalue weighted by Crippen LogP contribution is 2.04. The molecule has 1 aromatic heterocycles. The summed E-state index contributed by atoms with van der Waals surface area (Å²) in [5.41, 5.74) is 2.40. The maximum Gasteiger partial charge on any atom is 0.253 e. The Morgan fingerprint density at radius 1 is 1.24 bits per heavy atom. The number of aryl methyl sites for hydroxylation is 1. The molecule has 2 aromatic rings. The first kappa shape index (κ1) is 11.2. The Morgan fingerprint density at radius 2 is 1.94 bits per heavy atom. The zero-order valence-electron chi connectivity index (χ0n) is 9.55. The van der Waals surface area contributed by atoms with Crippen LogP contribution in [0.1, 0.15) is 16.7 Å². The summed E-state index contributed by atoms with van der Waals surface area (Å²) in [7, 11) is 0. The molecule has 3 nitrogen and oxygen atoms in total. The molecule has 0 radical (unpaired) electrons. The van der Waals surface area contributed by atoms with Crippen molar-refractivity contribution in [2.75, 3.05) is 0 Å². The molecule has 0 amide bonds. The van der Waals surface area contributed by atoms with Gasteiger partial charge in [-0.25, -0.2) is 0 Å². The van der Waals surface area contributed by atoms with Crippen LogP contribution in [0.5, 0.6) is 0 Å². The van der Waals surface area contributed by atoms with E-state index in [0.717, 1.165) is 11.1 Å². The van der Waals surface area contributed by atoms with Gasteiger partial charge in [0.15, 0.2) is 0 Å². The molecule has 1 aromatic carbocycles. The van der Waals surface area contributed by atoms with Gasteiger partial charge < -0.3 is 4.57 Å². The SMILES string of the molecule is Cc1cccn(Cc2ccc(C#N)cc2)c1=O. The van der Waals surface area contributed by atoms with Gasteiger partial charge in [-0.2, -0.15) is 5.26 Å². The Hall–Kier alpha value is -2.34. The fourth-order valence-corrected chi connectivity index (χ4v) is 1.66. The maximum atomic E-state index is 11.8. The molecule has 0 atom stereocenters. The van der Waals surface area contributed by atoms with Crippen molar-refractivity contribution < 1.29 is 0 Å². The Labute approximate surface area is 99.6 Å². The molecular weight excluding hydrogens is 212 g/mol. The lowest BCUT2D eigenvalue weighted by atomic mass is 10.1. The van der Waals surface area contributed by atoms with E-state index in [4.69, 9.17) is 5.26 Å². The number of pyridine rings is 1. The molecule has 3 heteroatoms. The minimum Gasteiger partial charge on any atom is -0.311 e. The number of rotatable bonds is 2. The van der Waals surface area contributed by atoms with Crippen molar-refractivity contribution in [3.05, 3.63) is 69.6 Å². The Bertz CT molecular complexity index is 618. The van der Waals surface area contributed by atoms with E-state index >= 15 is 0 Å². The van der Waals surface area contributed by atoms with Crippen molar-refractivity contribution in [3.8, 4) is 6.07 Å². The highest BCUT2D eigenvalue weighted by Gasteiger charge is 2.00. The number of benzene rings is 1. The normalized spacial score (nSPS) is 9.88. The lowest BCUT2D eigenvalue weighted by molar-refractivity contribution is 0.752. The zero-order valence-corrected chi connectivity index (χ0v) is 9.55. The van der Waals surface area contributed by atoms with Crippen molar-refractivity contribution in [2.24, 2.45) is 0 Å². The number of nitriles is 1. The van der Waals surface area contributed by atoms with Crippen molar-refractivity contribution in [3.63, 3.8) is 0 Å². The van der Waals surface area contributed by atoms with Crippen molar-refractivity contribution in [1.29, 1.82) is 5.26 Å². The van der Waals surface area contributed by atoms with Crippen LogP contribution in [0.25, 0.3) is 0 Å². The second-order valence-corrected chi connectivity index (χ2v) is 3.93. The van der Waals surface area contributed by atoms with E-state index in [2.05, 4.69) is 6.07 Å². The van der Waals surface area contributed by atoms with Crippen LogP contribution in [0, 0.1) is 18.3 Å². The summed E-state index contributed by atoms with van der Waals surface area (Å²) in [6, 6.07) is 13.0. The highest BCUT2D eigenvalue weighted by atomic mass is 16.1. The van der Waals surface area contributed by atoms with Gasteiger partial charge in [0.25, 0.3) is 5.56 Å². The first-order chi connectivity index (χ1) is 8.20. The summed E-state index contributed by atoms with van der Waals surface area (Å²) < 4.78 is 1.66. The molecule has 0 aliphatic carbocycles. The van der Waals surface area contributed by atoms with Crippen LogP contribution in [0.15, 0.2) is 47.4 Å². The first-order valence-electron chi connectivity index (χ1n) is 5.36. The quantitative estimate of drug-likeness (QED) is 0.784. The van der Waals surface area contributed by atoms with Gasteiger partial charge in [0.05, 0.1) is 18.2 Å². The van der Waals surface area contributed by atoms with Crippen LogP contribution >= 0.6 is 0 Å². The van der Waals surface area contributed by atoms with Crippen LogP contribution in [0.3, 0.4) is 0 Å². The molecule has 17 heavy (non-hydrogen) atoms. The molecule has 0 fully saturated rings. The van der Waals surface area contributed by atoms with Crippen molar-refractivity contribution in [1.82, 2.24) is 4.57 Å². The molecule has 0 spiro atoms. The molecule has 0 unspecified atom stereocenters. The first-order valence-corrected chi connectivity index (χ1v) is 5.36. The molecule has 0 bridgehead atoms. The fourth-order valence-electron chi connectivity index (χ4n) is 1.66. The predicted molar refractivity (Wildman–Crippen MR) is 65.7 cm³/mol. The number of nitrogens with zero attached hydrogens (tertiary/aromatic N) is 2. The van der Waals surface area contributed by atoms with E-state index in [-0.39, 0.29) is 5.56 Å². The van der Waals surface area contributed by atoms with Crippen molar-refractivity contribution >= 4 is 0 Å². The third-order valence-corrected chi connectivity index (χ3v) is 2.65. The van der Waals surface area contributed by atoms with Crippen LogP contribution in [-0.4, -0.2) is 4.57 Å². The molecule has 84 valence electrons. The average molecular weight is 224 g/mol. The Balaban J connectivity index is 2.29. The summed E-state index contributed by atoms with van der Waals surface area (Å²) in [5.74, 6) is 0. The second-order valence-electron chi connectivity index (χ2n) is 3.93. The third kappa shape index (κ3) is 2.43. The Morgan fingerprint density at radius 3 is 2.59 bits per heavy atom. The molecular formula is C14H12N2O. The van der Waals surface area contributed by atoms with E-state index in [1.807, 2.05) is 18.2 Å². The molecule has 0 saturated heterocycles. The van der Waals surface area contributed by atoms with E-state index in [9.17, 15) is 4.79 Å². The molecule has 0 saturated carbocycles. The van der Waals surface area contributed by atoms with Gasteiger partial charge >= 0.3 is 0 Å². The molecule has 2 rings (SSSR count).